The van der Waals surface area contributed by atoms with Gasteiger partial charge in [0.15, 0.2) is 0 Å². The van der Waals surface area contributed by atoms with E-state index < -0.39 is 20.2 Å². The highest BCUT2D eigenvalue weighted by molar-refractivity contribution is 7.86. The number of nitrogens with one attached hydrogen (secondary N) is 2. The monoisotopic (exact) mass is 930 g/mol. The van der Waals surface area contributed by atoms with E-state index in [4.69, 9.17) is 22.9 Å². The first kappa shape index (κ1) is 49.0. The maximum absolute atomic E-state index is 12.8. The Kier molecular flexibility index (Phi) is 15.7. The van der Waals surface area contributed by atoms with Crippen molar-refractivity contribution in [2.75, 3.05) is 33.6 Å². The Hall–Kier alpha value is -8.04. The van der Waals surface area contributed by atoms with Crippen molar-refractivity contribution in [1.82, 2.24) is 9.97 Å². The van der Waals surface area contributed by atoms with E-state index in [1.54, 1.807) is 114 Å². The summed E-state index contributed by atoms with van der Waals surface area (Å²) in [6, 6.07) is 33.0. The number of nitrogen functional groups attached to an aromatic ring is 4. The first-order valence-electron chi connectivity index (χ1n) is 19.6. The van der Waals surface area contributed by atoms with E-state index in [1.165, 1.54) is 30.3 Å². The lowest BCUT2D eigenvalue weighted by Crippen LogP contribution is -2.33. The van der Waals surface area contributed by atoms with Crippen molar-refractivity contribution in [1.29, 1.82) is 0 Å². The van der Waals surface area contributed by atoms with Crippen molar-refractivity contribution < 1.29 is 44.7 Å². The molecule has 0 unspecified atom stereocenters. The van der Waals surface area contributed by atoms with Gasteiger partial charge in [-0.3, -0.25) is 21.1 Å². The molecule has 66 heavy (non-hydrogen) atoms. The Morgan fingerprint density at radius 1 is 0.561 bits per heavy atom. The maximum atomic E-state index is 12.8. The van der Waals surface area contributed by atoms with Crippen LogP contribution in [-0.2, 0) is 39.1 Å². The van der Waals surface area contributed by atoms with Crippen LogP contribution in [0.2, 0.25) is 0 Å². The van der Waals surface area contributed by atoms with Crippen molar-refractivity contribution in [2.45, 2.75) is 23.6 Å². The van der Waals surface area contributed by atoms with E-state index in [2.05, 4.69) is 20.6 Å². The Balaban J connectivity index is 0.000000301. The number of rotatable bonds is 9. The Bertz CT molecular complexity index is 3040. The molecule has 0 bridgehead atoms. The highest BCUT2D eigenvalue weighted by Crippen LogP contribution is 2.26. The Morgan fingerprint density at radius 3 is 1.32 bits per heavy atom. The molecule has 0 aliphatic carbocycles. The second-order valence-corrected chi connectivity index (χ2v) is 17.4. The number of benzene rings is 5. The average Bonchev–Trinajstić information content (AvgIpc) is 3.26. The lowest BCUT2D eigenvalue weighted by atomic mass is 10.1. The van der Waals surface area contributed by atoms with Crippen LogP contribution in [0.25, 0.3) is 28.3 Å². The number of carbonyl (C=O) groups excluding carboxylic acids is 2. The molecule has 7 aromatic rings. The average molecular weight is 931 g/mol. The standard InChI is InChI=1S/C32H30N10O2.2C7H8O3S/c1-41-17-25(28(33)39-31(41)35)20-8-12-23(13-9-20)37-27(43)16-5-19-3-6-22(7-4-19)30(44)38-24-14-10-21(11-15-24)26-18-42(2)32(36)40-29(26)34;2*1-6-2-4-7(5-3-6)11(8,9)10/h3-18H,1-2H3,(H8,33,34,35,36,37,38,39,40,43,44);2*2-5H,1H3,(H,8,9,10)/b16-5+;;. The number of aromatic nitrogens is 4. The lowest BCUT2D eigenvalue weighted by Gasteiger charge is -2.08. The molecule has 7 rings (SSSR count). The smallest absolute Gasteiger partial charge is 0.391 e. The molecule has 2 aromatic heterocycles. The Labute approximate surface area is 381 Å². The molecule has 20 heteroatoms. The van der Waals surface area contributed by atoms with E-state index >= 15 is 0 Å². The van der Waals surface area contributed by atoms with Crippen molar-refractivity contribution in [2.24, 2.45) is 14.1 Å². The SMILES string of the molecule is C[n+]1cc(-c2ccc(NC(=O)/C=C/c3ccc(C(=O)Nc4ccc(-c5c[n+](C)c(N)nc5N)cc4)cc3)cc2)c(N)nc1N.Cc1ccc(S(=O)(=O)[O-])cc1.Cc1ccc(S(=O)(=O)[O-])cc1. The second kappa shape index (κ2) is 21.1. The van der Waals surface area contributed by atoms with E-state index in [0.29, 0.717) is 40.5 Å². The molecule has 0 saturated carbocycles. The molecule has 0 fully saturated rings. The number of anilines is 6. The molecule has 0 radical (unpaired) electrons. The highest BCUT2D eigenvalue weighted by atomic mass is 32.2. The number of hydrogen-bond acceptors (Lipinski definition) is 14. The zero-order chi connectivity index (χ0) is 48.3. The Morgan fingerprint density at radius 2 is 0.939 bits per heavy atom. The molecule has 10 N–H and O–H groups in total. The third-order valence-corrected chi connectivity index (χ3v) is 11.2. The first-order chi connectivity index (χ1) is 31.1. The van der Waals surface area contributed by atoms with Gasteiger partial charge in [0.1, 0.15) is 20.2 Å². The number of amides is 2. The molecule has 0 spiro atoms. The molecule has 0 aliphatic rings. The molecule has 18 nitrogen and oxygen atoms in total. The van der Waals surface area contributed by atoms with Crippen molar-refractivity contribution in [3.8, 4) is 22.3 Å². The summed E-state index contributed by atoms with van der Waals surface area (Å²) in [5, 5.41) is 5.71. The summed E-state index contributed by atoms with van der Waals surface area (Å²) in [6.45, 7) is 3.64. The quantitative estimate of drug-likeness (QED) is 0.0660. The molecular weight excluding hydrogens is 885 g/mol. The van der Waals surface area contributed by atoms with Gasteiger partial charge in [-0.15, -0.1) is 0 Å². The van der Waals surface area contributed by atoms with Crippen LogP contribution < -0.4 is 42.7 Å². The molecule has 5 aromatic carbocycles. The topological polar surface area (TPSA) is 310 Å². The maximum Gasteiger partial charge on any atom is 0.391 e. The van der Waals surface area contributed by atoms with Gasteiger partial charge in [0.05, 0.1) is 47.4 Å². The predicted molar refractivity (Wildman–Crippen MR) is 250 cm³/mol. The first-order valence-corrected chi connectivity index (χ1v) is 22.4. The summed E-state index contributed by atoms with van der Waals surface area (Å²) in [5.74, 6) is 0.721. The van der Waals surface area contributed by atoms with Gasteiger partial charge in [-0.25, -0.2) is 26.0 Å². The van der Waals surface area contributed by atoms with Gasteiger partial charge in [0.2, 0.25) is 17.5 Å². The van der Waals surface area contributed by atoms with Crippen LogP contribution in [0, 0.1) is 13.8 Å². The summed E-state index contributed by atoms with van der Waals surface area (Å²) in [6.07, 6.45) is 6.71. The lowest BCUT2D eigenvalue weighted by molar-refractivity contribution is -0.658. The third kappa shape index (κ3) is 13.7. The van der Waals surface area contributed by atoms with Crippen LogP contribution in [0.4, 0.5) is 34.9 Å². The number of nitrogens with two attached hydrogens (primary N) is 4. The van der Waals surface area contributed by atoms with Crippen LogP contribution in [-0.4, -0.2) is 47.7 Å². The number of aryl methyl sites for hydroxylation is 4. The van der Waals surface area contributed by atoms with Crippen LogP contribution >= 0.6 is 0 Å². The molecule has 2 heterocycles. The number of hydrogen-bond donors (Lipinski definition) is 6. The van der Waals surface area contributed by atoms with Gasteiger partial charge in [-0.1, -0.05) is 81.8 Å². The zero-order valence-corrected chi connectivity index (χ0v) is 37.7. The van der Waals surface area contributed by atoms with Gasteiger partial charge < -0.3 is 31.2 Å². The number of nitrogens with zero attached hydrogens (tertiary/aromatic N) is 4. The molecule has 0 saturated heterocycles. The van der Waals surface area contributed by atoms with Crippen LogP contribution in [0.3, 0.4) is 0 Å². The molecular formula is C46H46N10O8S2. The van der Waals surface area contributed by atoms with Gasteiger partial charge in [0.25, 0.3) is 5.91 Å². The van der Waals surface area contributed by atoms with Gasteiger partial charge in [-0.05, 0) is 97.3 Å². The predicted octanol–water partition coefficient (Wildman–Crippen LogP) is 4.49. The molecule has 0 aliphatic heterocycles. The fourth-order valence-corrected chi connectivity index (χ4v) is 6.74. The van der Waals surface area contributed by atoms with Gasteiger partial charge >= 0.3 is 11.9 Å². The van der Waals surface area contributed by atoms with E-state index in [0.717, 1.165) is 38.9 Å². The van der Waals surface area contributed by atoms with Crippen LogP contribution in [0.1, 0.15) is 27.0 Å². The van der Waals surface area contributed by atoms with Gasteiger partial charge in [0, 0.05) is 23.0 Å². The van der Waals surface area contributed by atoms with E-state index in [1.807, 2.05) is 38.1 Å². The normalized spacial score (nSPS) is 11.1. The fraction of sp³-hybridized carbons (Fsp3) is 0.0870. The minimum absolute atomic E-state index is 0.178. The fourth-order valence-electron chi connectivity index (χ4n) is 5.80. The summed E-state index contributed by atoms with van der Waals surface area (Å²) >= 11 is 0. The minimum Gasteiger partial charge on any atom is -0.744 e. The van der Waals surface area contributed by atoms with Crippen molar-refractivity contribution in [3.63, 3.8) is 0 Å². The van der Waals surface area contributed by atoms with Crippen molar-refractivity contribution in [3.05, 3.63) is 162 Å². The third-order valence-electron chi connectivity index (χ3n) is 9.53. The van der Waals surface area contributed by atoms with Crippen LogP contribution in [0.15, 0.2) is 150 Å². The summed E-state index contributed by atoms with van der Waals surface area (Å²) < 4.78 is 65.7. The largest absolute Gasteiger partial charge is 0.744 e. The minimum atomic E-state index is -4.27. The summed E-state index contributed by atoms with van der Waals surface area (Å²) in [4.78, 5) is 33.2. The zero-order valence-electron chi connectivity index (χ0n) is 36.0. The molecule has 0 atom stereocenters. The van der Waals surface area contributed by atoms with E-state index in [-0.39, 0.29) is 21.6 Å². The van der Waals surface area contributed by atoms with Gasteiger partial charge in [-0.2, -0.15) is 0 Å². The second-order valence-electron chi connectivity index (χ2n) is 14.6. The number of carbonyl (C=O) groups is 2. The molecule has 340 valence electrons. The summed E-state index contributed by atoms with van der Waals surface area (Å²) in [5.41, 5.74) is 31.1. The van der Waals surface area contributed by atoms with Crippen LogP contribution in [0.5, 0.6) is 0 Å². The van der Waals surface area contributed by atoms with E-state index in [9.17, 15) is 35.5 Å². The van der Waals surface area contributed by atoms with Crippen molar-refractivity contribution >= 4 is 73.0 Å². The molecule has 2 amide bonds. The highest BCUT2D eigenvalue weighted by Gasteiger charge is 2.15. The summed E-state index contributed by atoms with van der Waals surface area (Å²) in [7, 11) is -4.97.